The maximum Gasteiger partial charge on any atom is 0.151 e. The first-order chi connectivity index (χ1) is 6.71. The third-order valence-corrected chi connectivity index (χ3v) is 1.43. The molecule has 3 atom stereocenters. The van der Waals surface area contributed by atoms with Crippen molar-refractivity contribution in [3.8, 4) is 0 Å². The van der Waals surface area contributed by atoms with Crippen LogP contribution in [0.5, 0.6) is 0 Å². The van der Waals surface area contributed by atoms with Crippen LogP contribution in [0, 0.1) is 0 Å². The summed E-state index contributed by atoms with van der Waals surface area (Å²) in [5.41, 5.74) is 0. The van der Waals surface area contributed by atoms with E-state index in [2.05, 4.69) is 0 Å². The highest BCUT2D eigenvalue weighted by molar-refractivity contribution is 5.56. The summed E-state index contributed by atoms with van der Waals surface area (Å²) in [5.74, 6) is 0. The Morgan fingerprint density at radius 1 is 1.58 bits per heavy atom. The fourth-order valence-corrected chi connectivity index (χ4v) is 0.755. The van der Waals surface area contributed by atoms with Crippen LogP contribution in [0.2, 0.25) is 0 Å². The van der Waals surface area contributed by atoms with Crippen molar-refractivity contribution in [1.82, 2.24) is 0 Å². The van der Waals surface area contributed by atoms with E-state index in [1.54, 1.807) is 0 Å². The van der Waals surface area contributed by atoms with Crippen molar-refractivity contribution in [3.63, 3.8) is 0 Å². The van der Waals surface area contributed by atoms with E-state index < -0.39 is 39.1 Å². The van der Waals surface area contributed by atoms with Gasteiger partial charge in [-0.25, -0.2) is 0 Å². The summed E-state index contributed by atoms with van der Waals surface area (Å²) in [6.45, 7) is -0.492. The lowest BCUT2D eigenvalue weighted by Gasteiger charge is -2.24. The lowest BCUT2D eigenvalue weighted by Crippen LogP contribution is -2.43. The predicted molar refractivity (Wildman–Crippen MR) is 40.8 cm³/mol. The first-order valence-corrected chi connectivity index (χ1v) is 3.27. The number of rotatable bonds is 6. The molecule has 0 amide bonds. The standard InChI is InChI=1S/C7H14O5/c1-11-6(4-9)7(12-2)5(10)3-8/h3,5-7,9-10H,4H2,1-2H3/t5-,6+,7+/m0/s1/i1D,2D. The predicted octanol–water partition coefficient (Wildman–Crippen LogP) is -1.43. The third-order valence-electron chi connectivity index (χ3n) is 1.43. The largest absolute Gasteiger partial charge is 0.394 e. The molecule has 0 fully saturated rings. The highest BCUT2D eigenvalue weighted by atomic mass is 16.5. The van der Waals surface area contributed by atoms with Crippen LogP contribution in [0.4, 0.5) is 0 Å². The Labute approximate surface area is 73.7 Å². The molecule has 0 saturated carbocycles. The van der Waals surface area contributed by atoms with Crippen LogP contribution in [-0.4, -0.2) is 55.6 Å². The monoisotopic (exact) mass is 180 g/mol. The van der Waals surface area contributed by atoms with Gasteiger partial charge in [0.1, 0.15) is 18.3 Å². The fraction of sp³-hybridized carbons (Fsp3) is 0.857. The molecule has 0 bridgehead atoms. The van der Waals surface area contributed by atoms with Crippen LogP contribution in [0.3, 0.4) is 0 Å². The van der Waals surface area contributed by atoms with Gasteiger partial charge in [-0.2, -0.15) is 0 Å². The lowest BCUT2D eigenvalue weighted by molar-refractivity contribution is -0.135. The zero-order chi connectivity index (χ0) is 11.0. The van der Waals surface area contributed by atoms with Gasteiger partial charge in [-0.15, -0.1) is 0 Å². The van der Waals surface area contributed by atoms with Gasteiger partial charge in [-0.05, 0) is 0 Å². The molecule has 0 aliphatic heterocycles. The molecule has 72 valence electrons. The van der Waals surface area contributed by atoms with Crippen molar-refractivity contribution < 1.29 is 27.2 Å². The van der Waals surface area contributed by atoms with Gasteiger partial charge in [0.2, 0.25) is 0 Å². The average molecular weight is 180 g/mol. The van der Waals surface area contributed by atoms with Crippen LogP contribution in [-0.2, 0) is 14.3 Å². The van der Waals surface area contributed by atoms with Gasteiger partial charge in [0.15, 0.2) is 6.29 Å². The Morgan fingerprint density at radius 3 is 2.67 bits per heavy atom. The van der Waals surface area contributed by atoms with Gasteiger partial charge in [0.05, 0.1) is 9.35 Å². The van der Waals surface area contributed by atoms with Gasteiger partial charge in [-0.1, -0.05) is 0 Å². The van der Waals surface area contributed by atoms with Gasteiger partial charge >= 0.3 is 0 Å². The molecule has 12 heavy (non-hydrogen) atoms. The van der Waals surface area contributed by atoms with Gasteiger partial charge in [-0.3, -0.25) is 0 Å². The zero-order valence-corrected chi connectivity index (χ0v) is 6.55. The number of hydrogen-bond acceptors (Lipinski definition) is 5. The number of aliphatic hydroxyl groups excluding tert-OH is 2. The topological polar surface area (TPSA) is 76.0 Å². The van der Waals surface area contributed by atoms with Crippen LogP contribution >= 0.6 is 0 Å². The highest BCUT2D eigenvalue weighted by Gasteiger charge is 2.27. The SMILES string of the molecule is [2H]CO[C@H]([C@@H](O)C=O)[C@@H](CO)OC[2H]. The Morgan fingerprint density at radius 2 is 2.25 bits per heavy atom. The molecule has 0 rings (SSSR count). The molecule has 0 aliphatic carbocycles. The number of ether oxygens (including phenoxy) is 2. The number of carbonyl (C=O) groups excluding carboxylic acids is 1. The second-order valence-corrected chi connectivity index (χ2v) is 2.15. The van der Waals surface area contributed by atoms with Crippen molar-refractivity contribution in [2.75, 3.05) is 20.8 Å². The molecule has 0 spiro atoms. The summed E-state index contributed by atoms with van der Waals surface area (Å²) in [5, 5.41) is 18.0. The molecule has 0 aromatic heterocycles. The molecule has 2 N–H and O–H groups in total. The van der Waals surface area contributed by atoms with E-state index in [-0.39, 0.29) is 6.29 Å². The Balaban J connectivity index is 4.33. The summed E-state index contributed by atoms with van der Waals surface area (Å²) >= 11 is 0. The summed E-state index contributed by atoms with van der Waals surface area (Å²) in [4.78, 5) is 10.3. The minimum Gasteiger partial charge on any atom is -0.394 e. The van der Waals surface area contributed by atoms with Crippen molar-refractivity contribution in [2.45, 2.75) is 18.3 Å². The summed E-state index contributed by atoms with van der Waals surface area (Å²) in [7, 11) is -0.887. The van der Waals surface area contributed by atoms with Gasteiger partial charge in [0, 0.05) is 14.2 Å². The molecule has 0 aromatic rings. The molecule has 0 aromatic carbocycles. The van der Waals surface area contributed by atoms with Crippen molar-refractivity contribution >= 4 is 6.29 Å². The zero-order valence-electron chi connectivity index (χ0n) is 8.55. The van der Waals surface area contributed by atoms with Crippen LogP contribution in [0.1, 0.15) is 2.74 Å². The maximum atomic E-state index is 10.3. The van der Waals surface area contributed by atoms with E-state index in [1.165, 1.54) is 0 Å². The molecule has 0 unspecified atom stereocenters. The minimum atomic E-state index is -1.47. The Kier molecular flexibility index (Phi) is 4.11. The number of methoxy groups -OCH3 is 2. The molecular formula is C7H14O5. The van der Waals surface area contributed by atoms with Crippen LogP contribution < -0.4 is 0 Å². The quantitative estimate of drug-likeness (QED) is 0.490. The van der Waals surface area contributed by atoms with Crippen molar-refractivity contribution in [3.05, 3.63) is 0 Å². The first-order valence-electron chi connectivity index (χ1n) is 4.68. The van der Waals surface area contributed by atoms with E-state index in [9.17, 15) is 4.79 Å². The van der Waals surface area contributed by atoms with Crippen molar-refractivity contribution in [1.29, 1.82) is 0 Å². The maximum absolute atomic E-state index is 10.3. The molecule has 5 heteroatoms. The van der Waals surface area contributed by atoms with Gasteiger partial charge in [0.25, 0.3) is 0 Å². The van der Waals surface area contributed by atoms with E-state index in [4.69, 9.17) is 22.4 Å². The van der Waals surface area contributed by atoms with E-state index in [0.29, 0.717) is 0 Å². The summed E-state index contributed by atoms with van der Waals surface area (Å²) in [6, 6.07) is 0. The van der Waals surface area contributed by atoms with Crippen molar-refractivity contribution in [2.24, 2.45) is 0 Å². The van der Waals surface area contributed by atoms with Crippen LogP contribution in [0.15, 0.2) is 0 Å². The number of aliphatic hydroxyl groups is 2. The molecular weight excluding hydrogens is 164 g/mol. The number of carbonyl (C=O) groups is 1. The van der Waals surface area contributed by atoms with E-state index in [1.807, 2.05) is 0 Å². The number of hydrogen-bond donors (Lipinski definition) is 2. The second kappa shape index (κ2) is 6.07. The molecule has 0 heterocycles. The molecule has 0 aliphatic rings. The smallest absolute Gasteiger partial charge is 0.151 e. The lowest BCUT2D eigenvalue weighted by atomic mass is 10.1. The molecule has 0 saturated heterocycles. The second-order valence-electron chi connectivity index (χ2n) is 2.15. The molecule has 5 nitrogen and oxygen atoms in total. The highest BCUT2D eigenvalue weighted by Crippen LogP contribution is 2.05. The summed E-state index contributed by atoms with van der Waals surface area (Å²) < 4.78 is 23.0. The number of aldehydes is 1. The Hall–Kier alpha value is -0.490. The minimum absolute atomic E-state index is 0.232. The van der Waals surface area contributed by atoms with E-state index in [0.717, 1.165) is 0 Å². The van der Waals surface area contributed by atoms with E-state index >= 15 is 0 Å². The average Bonchev–Trinajstić information content (AvgIpc) is 2.22. The fourth-order valence-electron chi connectivity index (χ4n) is 0.755. The Bertz CT molecular complexity index is 157. The van der Waals surface area contributed by atoms with Gasteiger partial charge < -0.3 is 24.5 Å². The summed E-state index contributed by atoms with van der Waals surface area (Å²) in [6.07, 6.45) is -3.32. The molecule has 0 radical (unpaired) electrons. The first kappa shape index (κ1) is 8.12. The normalized spacial score (nSPS) is 20.5. The third kappa shape index (κ3) is 2.86. The van der Waals surface area contributed by atoms with Crippen LogP contribution in [0.25, 0.3) is 0 Å².